The highest BCUT2D eigenvalue weighted by atomic mass is 35.5. The van der Waals surface area contributed by atoms with E-state index in [0.29, 0.717) is 48.5 Å². The Kier molecular flexibility index (Phi) is 6.46. The molecule has 0 aliphatic carbocycles. The third-order valence-electron chi connectivity index (χ3n) is 5.43. The summed E-state index contributed by atoms with van der Waals surface area (Å²) in [6, 6.07) is 15.2. The fourth-order valence-electron chi connectivity index (χ4n) is 3.69. The molecule has 2 heterocycles. The molecule has 4 rings (SSSR count). The van der Waals surface area contributed by atoms with Gasteiger partial charge in [-0.25, -0.2) is 4.98 Å². The number of aryl methyl sites for hydroxylation is 2. The van der Waals surface area contributed by atoms with Gasteiger partial charge in [0.25, 0.3) is 5.91 Å². The molecule has 3 aromatic rings. The molecule has 0 bridgehead atoms. The van der Waals surface area contributed by atoms with E-state index >= 15 is 0 Å². The smallest absolute Gasteiger partial charge is 0.257 e. The van der Waals surface area contributed by atoms with E-state index < -0.39 is 0 Å². The van der Waals surface area contributed by atoms with Crippen LogP contribution < -0.4 is 15.0 Å². The number of anilines is 3. The third-order valence-corrected chi connectivity index (χ3v) is 5.67. The molecule has 1 aliphatic heterocycles. The molecular formula is C24H26ClN5O2. The van der Waals surface area contributed by atoms with E-state index in [-0.39, 0.29) is 5.91 Å². The lowest BCUT2D eigenvalue weighted by Gasteiger charge is -2.35. The van der Waals surface area contributed by atoms with E-state index in [0.717, 1.165) is 17.2 Å². The summed E-state index contributed by atoms with van der Waals surface area (Å²) in [7, 11) is 1.55. The first-order chi connectivity index (χ1) is 15.4. The molecule has 1 amide bonds. The van der Waals surface area contributed by atoms with Crippen molar-refractivity contribution in [1.82, 2.24) is 14.9 Å². The molecule has 1 saturated heterocycles. The maximum absolute atomic E-state index is 13.0. The SMILES string of the molecule is COc1ccc(Cl)cc1C(=O)N1CCN(c2cc(C)nc(Nc3ccc(C)cc3)n2)CC1. The highest BCUT2D eigenvalue weighted by Gasteiger charge is 2.25. The molecule has 0 radical (unpaired) electrons. The standard InChI is InChI=1S/C24H26ClN5O2/c1-16-4-7-19(8-5-16)27-24-26-17(2)14-22(28-24)29-10-12-30(13-11-29)23(31)20-15-18(25)6-9-21(20)32-3/h4-9,14-15H,10-13H2,1-3H3,(H,26,27,28). The summed E-state index contributed by atoms with van der Waals surface area (Å²) in [4.78, 5) is 26.3. The van der Waals surface area contributed by atoms with Crippen molar-refractivity contribution >= 4 is 35.0 Å². The van der Waals surface area contributed by atoms with Crippen LogP contribution in [-0.2, 0) is 0 Å². The number of methoxy groups -OCH3 is 1. The minimum Gasteiger partial charge on any atom is -0.496 e. The molecule has 2 aromatic carbocycles. The first-order valence-corrected chi connectivity index (χ1v) is 10.9. The van der Waals surface area contributed by atoms with Crippen LogP contribution in [0.2, 0.25) is 5.02 Å². The number of amides is 1. The number of piperazine rings is 1. The molecule has 0 unspecified atom stereocenters. The number of hydrogen-bond donors (Lipinski definition) is 1. The van der Waals surface area contributed by atoms with Crippen LogP contribution in [0.1, 0.15) is 21.6 Å². The van der Waals surface area contributed by atoms with E-state index in [1.165, 1.54) is 5.56 Å². The lowest BCUT2D eigenvalue weighted by Crippen LogP contribution is -2.49. The van der Waals surface area contributed by atoms with E-state index in [1.807, 2.05) is 42.2 Å². The molecule has 7 nitrogen and oxygen atoms in total. The Labute approximate surface area is 193 Å². The lowest BCUT2D eigenvalue weighted by atomic mass is 10.1. The van der Waals surface area contributed by atoms with E-state index in [9.17, 15) is 4.79 Å². The Morgan fingerprint density at radius 3 is 2.41 bits per heavy atom. The summed E-state index contributed by atoms with van der Waals surface area (Å²) in [5.41, 5.74) is 3.50. The van der Waals surface area contributed by atoms with Gasteiger partial charge in [-0.2, -0.15) is 4.98 Å². The quantitative estimate of drug-likeness (QED) is 0.617. The minimum atomic E-state index is -0.0791. The summed E-state index contributed by atoms with van der Waals surface area (Å²) < 4.78 is 5.34. The molecule has 0 spiro atoms. The number of aromatic nitrogens is 2. The average molecular weight is 452 g/mol. The number of carbonyl (C=O) groups is 1. The summed E-state index contributed by atoms with van der Waals surface area (Å²) in [5.74, 6) is 1.86. The van der Waals surface area contributed by atoms with Gasteiger partial charge in [0.1, 0.15) is 11.6 Å². The van der Waals surface area contributed by atoms with Crippen molar-refractivity contribution in [2.24, 2.45) is 0 Å². The van der Waals surface area contributed by atoms with Gasteiger partial charge in [0.05, 0.1) is 12.7 Å². The minimum absolute atomic E-state index is 0.0791. The average Bonchev–Trinajstić information content (AvgIpc) is 2.80. The van der Waals surface area contributed by atoms with Crippen molar-refractivity contribution in [3.8, 4) is 5.75 Å². The van der Waals surface area contributed by atoms with Crippen molar-refractivity contribution in [2.75, 3.05) is 43.5 Å². The van der Waals surface area contributed by atoms with Crippen LogP contribution in [0.15, 0.2) is 48.5 Å². The van der Waals surface area contributed by atoms with Crippen LogP contribution in [0.5, 0.6) is 5.75 Å². The van der Waals surface area contributed by atoms with Crippen LogP contribution in [0.3, 0.4) is 0 Å². The summed E-state index contributed by atoms with van der Waals surface area (Å²) in [6.45, 7) is 6.52. The zero-order chi connectivity index (χ0) is 22.7. The lowest BCUT2D eigenvalue weighted by molar-refractivity contribution is 0.0743. The number of halogens is 1. The molecule has 0 atom stereocenters. The summed E-state index contributed by atoms with van der Waals surface area (Å²) >= 11 is 6.10. The maximum Gasteiger partial charge on any atom is 0.257 e. The maximum atomic E-state index is 13.0. The fourth-order valence-corrected chi connectivity index (χ4v) is 3.86. The molecule has 1 aliphatic rings. The van der Waals surface area contributed by atoms with Gasteiger partial charge in [-0.3, -0.25) is 4.79 Å². The highest BCUT2D eigenvalue weighted by Crippen LogP contribution is 2.25. The van der Waals surface area contributed by atoms with Crippen molar-refractivity contribution in [3.63, 3.8) is 0 Å². The number of nitrogens with one attached hydrogen (secondary N) is 1. The molecule has 1 fully saturated rings. The Balaban J connectivity index is 1.45. The van der Waals surface area contributed by atoms with Gasteiger partial charge >= 0.3 is 0 Å². The zero-order valence-electron chi connectivity index (χ0n) is 18.4. The Morgan fingerprint density at radius 1 is 1.00 bits per heavy atom. The number of ether oxygens (including phenoxy) is 1. The van der Waals surface area contributed by atoms with Crippen molar-refractivity contribution in [1.29, 1.82) is 0 Å². The van der Waals surface area contributed by atoms with Crippen LogP contribution in [0.25, 0.3) is 0 Å². The fraction of sp³-hybridized carbons (Fsp3) is 0.292. The van der Waals surface area contributed by atoms with Gasteiger partial charge in [-0.1, -0.05) is 29.3 Å². The number of rotatable bonds is 5. The second-order valence-electron chi connectivity index (χ2n) is 7.81. The van der Waals surface area contributed by atoms with Crippen LogP contribution in [-0.4, -0.2) is 54.1 Å². The van der Waals surface area contributed by atoms with Gasteiger partial charge in [0.2, 0.25) is 5.95 Å². The molecule has 32 heavy (non-hydrogen) atoms. The largest absolute Gasteiger partial charge is 0.496 e. The Bertz CT molecular complexity index is 1110. The number of carbonyl (C=O) groups excluding carboxylic acids is 1. The predicted molar refractivity (Wildman–Crippen MR) is 127 cm³/mol. The number of nitrogens with zero attached hydrogens (tertiary/aromatic N) is 4. The van der Waals surface area contributed by atoms with Gasteiger partial charge in [-0.15, -0.1) is 0 Å². The molecule has 1 aromatic heterocycles. The van der Waals surface area contributed by atoms with Gasteiger partial charge in [0.15, 0.2) is 0 Å². The highest BCUT2D eigenvalue weighted by molar-refractivity contribution is 6.31. The van der Waals surface area contributed by atoms with E-state index in [2.05, 4.69) is 22.1 Å². The van der Waals surface area contributed by atoms with Crippen LogP contribution in [0, 0.1) is 13.8 Å². The van der Waals surface area contributed by atoms with Gasteiger partial charge in [-0.05, 0) is 44.2 Å². The number of hydrogen-bond acceptors (Lipinski definition) is 6. The van der Waals surface area contributed by atoms with Crippen molar-refractivity contribution < 1.29 is 9.53 Å². The Hall–Kier alpha value is -3.32. The van der Waals surface area contributed by atoms with E-state index in [1.54, 1.807) is 25.3 Å². The first-order valence-electron chi connectivity index (χ1n) is 10.5. The van der Waals surface area contributed by atoms with Crippen LogP contribution in [0.4, 0.5) is 17.5 Å². The van der Waals surface area contributed by atoms with E-state index in [4.69, 9.17) is 21.3 Å². The molecule has 0 saturated carbocycles. The molecular weight excluding hydrogens is 426 g/mol. The monoisotopic (exact) mass is 451 g/mol. The number of benzene rings is 2. The topological polar surface area (TPSA) is 70.6 Å². The molecule has 1 N–H and O–H groups in total. The zero-order valence-corrected chi connectivity index (χ0v) is 19.2. The van der Waals surface area contributed by atoms with Crippen LogP contribution >= 0.6 is 11.6 Å². The third kappa shape index (κ3) is 4.94. The normalized spacial score (nSPS) is 13.8. The molecule has 166 valence electrons. The van der Waals surface area contributed by atoms with Crippen molar-refractivity contribution in [2.45, 2.75) is 13.8 Å². The second kappa shape index (κ2) is 9.44. The van der Waals surface area contributed by atoms with Gasteiger partial charge < -0.3 is 19.9 Å². The van der Waals surface area contributed by atoms with Crippen molar-refractivity contribution in [3.05, 3.63) is 70.4 Å². The summed E-state index contributed by atoms with van der Waals surface area (Å²) in [6.07, 6.45) is 0. The summed E-state index contributed by atoms with van der Waals surface area (Å²) in [5, 5.41) is 3.79. The molecule has 8 heteroatoms. The van der Waals surface area contributed by atoms with Gasteiger partial charge in [0, 0.05) is 48.6 Å². The predicted octanol–water partition coefficient (Wildman–Crippen LogP) is 4.46. The Morgan fingerprint density at radius 2 is 1.72 bits per heavy atom. The first kappa shape index (κ1) is 21.9. The second-order valence-corrected chi connectivity index (χ2v) is 8.24.